The highest BCUT2D eigenvalue weighted by Gasteiger charge is 2.24. The minimum absolute atomic E-state index is 0.154. The maximum atomic E-state index is 11.7. The second-order valence-electron chi connectivity index (χ2n) is 9.96. The van der Waals surface area contributed by atoms with Crippen molar-refractivity contribution in [2.75, 3.05) is 6.61 Å². The van der Waals surface area contributed by atoms with Crippen LogP contribution in [-0.2, 0) is 14.3 Å². The highest BCUT2D eigenvalue weighted by Crippen LogP contribution is 2.41. The van der Waals surface area contributed by atoms with Gasteiger partial charge in [-0.3, -0.25) is 4.79 Å². The molecule has 2 heterocycles. The molecule has 1 saturated carbocycles. The first-order valence-corrected chi connectivity index (χ1v) is 15.4. The summed E-state index contributed by atoms with van der Waals surface area (Å²) in [6, 6.07) is 9.15. The fourth-order valence-electron chi connectivity index (χ4n) is 4.87. The number of ether oxygens (including phenoxy) is 2. The fourth-order valence-corrected chi connectivity index (χ4v) is 7.01. The molecule has 3 nitrogen and oxygen atoms in total. The van der Waals surface area contributed by atoms with Crippen molar-refractivity contribution >= 4 is 28.6 Å². The Bertz CT molecular complexity index is 912. The molecule has 5 heteroatoms. The van der Waals surface area contributed by atoms with E-state index in [0.717, 1.165) is 19.4 Å². The summed E-state index contributed by atoms with van der Waals surface area (Å²) >= 11 is 3.88. The lowest BCUT2D eigenvalue weighted by Gasteiger charge is -2.28. The summed E-state index contributed by atoms with van der Waals surface area (Å²) in [7, 11) is 0. The third-order valence-electron chi connectivity index (χ3n) is 7.05. The van der Waals surface area contributed by atoms with Crippen LogP contribution in [0.2, 0.25) is 0 Å². The molecule has 0 atom stereocenters. The highest BCUT2D eigenvalue weighted by atomic mass is 32.1. The van der Waals surface area contributed by atoms with E-state index in [2.05, 4.69) is 44.3 Å². The molecule has 0 spiro atoms. The van der Waals surface area contributed by atoms with Crippen molar-refractivity contribution in [1.82, 2.24) is 0 Å². The van der Waals surface area contributed by atoms with Crippen molar-refractivity contribution in [3.63, 3.8) is 0 Å². The van der Waals surface area contributed by atoms with Gasteiger partial charge in [0.2, 0.25) is 0 Å². The first-order chi connectivity index (χ1) is 17.6. The minimum atomic E-state index is -0.364. The van der Waals surface area contributed by atoms with Crippen LogP contribution in [0.25, 0.3) is 9.75 Å². The lowest BCUT2D eigenvalue weighted by molar-refractivity contribution is -0.145. The average Bonchev–Trinajstić information content (AvgIpc) is 3.55. The molecule has 0 saturated heterocycles. The van der Waals surface area contributed by atoms with Gasteiger partial charge in [0.15, 0.2) is 0 Å². The Hall–Kier alpha value is -1.69. The van der Waals surface area contributed by atoms with Crippen LogP contribution in [0.1, 0.15) is 99.1 Å². The van der Waals surface area contributed by atoms with Crippen molar-refractivity contribution < 1.29 is 14.3 Å². The molecule has 0 aliphatic heterocycles. The van der Waals surface area contributed by atoms with Crippen molar-refractivity contribution in [3.8, 4) is 9.75 Å². The summed E-state index contributed by atoms with van der Waals surface area (Å²) in [6.45, 7) is 10.4. The summed E-state index contributed by atoms with van der Waals surface area (Å²) in [5, 5.41) is 0. The second-order valence-corrected chi connectivity index (χ2v) is 12.4. The average molecular weight is 529 g/mol. The van der Waals surface area contributed by atoms with Gasteiger partial charge in [-0.2, -0.15) is 0 Å². The molecule has 0 bridgehead atoms. The minimum Gasteiger partial charge on any atom is -0.454 e. The van der Waals surface area contributed by atoms with Crippen LogP contribution in [0.4, 0.5) is 0 Å². The van der Waals surface area contributed by atoms with E-state index in [4.69, 9.17) is 9.47 Å². The van der Waals surface area contributed by atoms with Crippen molar-refractivity contribution in [3.05, 3.63) is 59.3 Å². The van der Waals surface area contributed by atoms with Gasteiger partial charge in [-0.1, -0.05) is 51.7 Å². The van der Waals surface area contributed by atoms with Crippen LogP contribution in [0.15, 0.2) is 49.6 Å². The van der Waals surface area contributed by atoms with Gasteiger partial charge in [-0.05, 0) is 87.8 Å². The molecule has 3 rings (SSSR count). The normalized spacial score (nSPS) is 17.8. The number of hydrogen-bond donors (Lipinski definition) is 0. The topological polar surface area (TPSA) is 35.5 Å². The zero-order valence-corrected chi connectivity index (χ0v) is 23.7. The second kappa shape index (κ2) is 16.2. The Morgan fingerprint density at radius 1 is 0.889 bits per heavy atom. The van der Waals surface area contributed by atoms with Crippen LogP contribution < -0.4 is 0 Å². The molecule has 1 fully saturated rings. The Morgan fingerprint density at radius 2 is 1.50 bits per heavy atom. The number of rotatable bonds is 17. The number of unbranched alkanes of at least 4 members (excludes halogenated alkanes) is 7. The first kappa shape index (κ1) is 28.9. The zero-order valence-electron chi connectivity index (χ0n) is 22.1. The number of thiophene rings is 2. The summed E-state index contributed by atoms with van der Waals surface area (Å²) in [5.41, 5.74) is 0. The van der Waals surface area contributed by atoms with Crippen molar-refractivity contribution in [2.24, 2.45) is 0 Å². The van der Waals surface area contributed by atoms with E-state index in [0.29, 0.717) is 18.4 Å². The number of carbonyl (C=O) groups excluding carboxylic acids is 1. The third kappa shape index (κ3) is 9.99. The van der Waals surface area contributed by atoms with E-state index in [1.54, 1.807) is 17.0 Å². The van der Waals surface area contributed by atoms with Crippen molar-refractivity contribution in [2.45, 2.75) is 109 Å². The Labute approximate surface area is 226 Å². The van der Waals surface area contributed by atoms with Crippen LogP contribution in [0, 0.1) is 6.92 Å². The molecule has 2 aromatic rings. The number of esters is 1. The van der Waals surface area contributed by atoms with E-state index in [-0.39, 0.29) is 12.1 Å². The van der Waals surface area contributed by atoms with Crippen LogP contribution in [0.3, 0.4) is 0 Å². The van der Waals surface area contributed by atoms with Gasteiger partial charge in [-0.25, -0.2) is 0 Å². The Kier molecular flexibility index (Phi) is 13.0. The standard InChI is InChI=1S/C31H44O3S2/c1-4-26(5-2)34-31(32)14-12-10-8-6-7-9-11-13-23-33-27-18-16-25(17-19-27)28-21-22-30(36-28)29-20-15-24(3)35-29/h4-5,15,20-22,25-27H,1-2,6-14,16-19,23H2,3H3. The predicted octanol–water partition coefficient (Wildman–Crippen LogP) is 9.62. The summed E-state index contributed by atoms with van der Waals surface area (Å²) in [4.78, 5) is 17.5. The van der Waals surface area contributed by atoms with Gasteiger partial charge < -0.3 is 9.47 Å². The Balaban J connectivity index is 1.15. The quantitative estimate of drug-likeness (QED) is 0.116. The summed E-state index contributed by atoms with van der Waals surface area (Å²) < 4.78 is 11.5. The number of aryl methyl sites for hydroxylation is 1. The molecule has 0 N–H and O–H groups in total. The van der Waals surface area contributed by atoms with Gasteiger partial charge >= 0.3 is 5.97 Å². The molecule has 0 radical (unpaired) electrons. The smallest absolute Gasteiger partial charge is 0.306 e. The predicted molar refractivity (Wildman–Crippen MR) is 155 cm³/mol. The van der Waals surface area contributed by atoms with E-state index < -0.39 is 0 Å². The maximum absolute atomic E-state index is 11.7. The number of carbonyl (C=O) groups is 1. The fraction of sp³-hybridized carbons (Fsp3) is 0.581. The summed E-state index contributed by atoms with van der Waals surface area (Å²) in [5.74, 6) is 0.560. The largest absolute Gasteiger partial charge is 0.454 e. The molecule has 0 unspecified atom stereocenters. The van der Waals surface area contributed by atoms with Gasteiger partial charge in [0, 0.05) is 32.5 Å². The highest BCUT2D eigenvalue weighted by molar-refractivity contribution is 7.22. The third-order valence-corrected chi connectivity index (χ3v) is 9.49. The van der Waals surface area contributed by atoms with E-state index in [9.17, 15) is 4.79 Å². The molecule has 36 heavy (non-hydrogen) atoms. The van der Waals surface area contributed by atoms with E-state index in [1.165, 1.54) is 78.8 Å². The molecule has 1 aliphatic rings. The SMILES string of the molecule is C=CC(C=C)OC(=O)CCCCCCCCCCOC1CCC(c2ccc(-c3ccc(C)s3)s2)CC1. The Morgan fingerprint density at radius 3 is 2.14 bits per heavy atom. The molecular weight excluding hydrogens is 484 g/mol. The van der Waals surface area contributed by atoms with E-state index >= 15 is 0 Å². The molecular formula is C31H44O3S2. The maximum Gasteiger partial charge on any atom is 0.306 e. The van der Waals surface area contributed by atoms with Gasteiger partial charge in [-0.15, -0.1) is 22.7 Å². The first-order valence-electron chi connectivity index (χ1n) is 13.8. The van der Waals surface area contributed by atoms with E-state index in [1.807, 2.05) is 22.7 Å². The molecule has 2 aromatic heterocycles. The molecule has 0 aromatic carbocycles. The molecule has 1 aliphatic carbocycles. The summed E-state index contributed by atoms with van der Waals surface area (Å²) in [6.07, 6.45) is 18.1. The zero-order chi connectivity index (χ0) is 25.6. The van der Waals surface area contributed by atoms with Crippen LogP contribution in [0.5, 0.6) is 0 Å². The van der Waals surface area contributed by atoms with Crippen LogP contribution in [-0.4, -0.2) is 24.8 Å². The van der Waals surface area contributed by atoms with Gasteiger partial charge in [0.25, 0.3) is 0 Å². The molecule has 0 amide bonds. The van der Waals surface area contributed by atoms with Crippen LogP contribution >= 0.6 is 22.7 Å². The lowest BCUT2D eigenvalue weighted by Crippen LogP contribution is -2.20. The van der Waals surface area contributed by atoms with Gasteiger partial charge in [0.05, 0.1) is 6.10 Å². The van der Waals surface area contributed by atoms with Gasteiger partial charge in [0.1, 0.15) is 6.10 Å². The molecule has 198 valence electrons. The number of hydrogen-bond acceptors (Lipinski definition) is 5. The monoisotopic (exact) mass is 528 g/mol. The lowest BCUT2D eigenvalue weighted by atomic mass is 9.86. The van der Waals surface area contributed by atoms with Crippen molar-refractivity contribution in [1.29, 1.82) is 0 Å².